The van der Waals surface area contributed by atoms with Crippen LogP contribution in [0.25, 0.3) is 0 Å². The van der Waals surface area contributed by atoms with Crippen molar-refractivity contribution in [1.82, 2.24) is 0 Å². The standard InChI is InChI=1S/C10H17ClS/c1-9(6-11)7-12-8-10-4-2-3-5-10/h10H,1-8H2. The minimum atomic E-state index is 0.623. The monoisotopic (exact) mass is 204 g/mol. The van der Waals surface area contributed by atoms with Crippen molar-refractivity contribution in [3.05, 3.63) is 12.2 Å². The van der Waals surface area contributed by atoms with Crippen LogP contribution in [0, 0.1) is 5.92 Å². The van der Waals surface area contributed by atoms with Gasteiger partial charge in [0.1, 0.15) is 0 Å². The van der Waals surface area contributed by atoms with Crippen molar-refractivity contribution in [1.29, 1.82) is 0 Å². The zero-order valence-corrected chi connectivity index (χ0v) is 9.09. The third-order valence-electron chi connectivity index (χ3n) is 2.32. The molecule has 0 heterocycles. The van der Waals surface area contributed by atoms with E-state index in [0.717, 1.165) is 11.7 Å². The molecular formula is C10H17ClS. The Kier molecular flexibility index (Phi) is 5.17. The summed E-state index contributed by atoms with van der Waals surface area (Å²) in [5.41, 5.74) is 1.17. The Morgan fingerprint density at radius 1 is 1.42 bits per heavy atom. The highest BCUT2D eigenvalue weighted by molar-refractivity contribution is 7.99. The Hall–Kier alpha value is 0.380. The molecule has 0 nitrogen and oxygen atoms in total. The van der Waals surface area contributed by atoms with Crippen molar-refractivity contribution in [2.24, 2.45) is 5.92 Å². The first-order valence-corrected chi connectivity index (χ1v) is 6.32. The van der Waals surface area contributed by atoms with E-state index in [1.807, 2.05) is 11.8 Å². The molecule has 0 N–H and O–H groups in total. The van der Waals surface area contributed by atoms with Crippen molar-refractivity contribution in [2.75, 3.05) is 17.4 Å². The molecule has 0 spiro atoms. The van der Waals surface area contributed by atoms with Crippen molar-refractivity contribution in [2.45, 2.75) is 25.7 Å². The van der Waals surface area contributed by atoms with Crippen molar-refractivity contribution < 1.29 is 0 Å². The maximum absolute atomic E-state index is 5.63. The number of hydrogen-bond acceptors (Lipinski definition) is 1. The van der Waals surface area contributed by atoms with Crippen LogP contribution < -0.4 is 0 Å². The van der Waals surface area contributed by atoms with Crippen molar-refractivity contribution in [3.63, 3.8) is 0 Å². The first-order valence-electron chi connectivity index (χ1n) is 4.63. The van der Waals surface area contributed by atoms with E-state index in [9.17, 15) is 0 Å². The zero-order chi connectivity index (χ0) is 8.81. The van der Waals surface area contributed by atoms with Crippen molar-refractivity contribution >= 4 is 23.4 Å². The van der Waals surface area contributed by atoms with Gasteiger partial charge < -0.3 is 0 Å². The van der Waals surface area contributed by atoms with Gasteiger partial charge in [0.15, 0.2) is 0 Å². The van der Waals surface area contributed by atoms with Crippen LogP contribution in [0.15, 0.2) is 12.2 Å². The number of rotatable bonds is 5. The molecule has 1 aliphatic rings. The predicted octanol–water partition coefficient (Wildman–Crippen LogP) is 3.70. The van der Waals surface area contributed by atoms with E-state index in [2.05, 4.69) is 6.58 Å². The average Bonchev–Trinajstić information content (AvgIpc) is 2.57. The lowest BCUT2D eigenvalue weighted by molar-refractivity contribution is 0.623. The second-order valence-electron chi connectivity index (χ2n) is 3.55. The molecule has 2 heteroatoms. The molecular weight excluding hydrogens is 188 g/mol. The zero-order valence-electron chi connectivity index (χ0n) is 7.52. The molecule has 0 radical (unpaired) electrons. The van der Waals surface area contributed by atoms with Gasteiger partial charge in [0.05, 0.1) is 0 Å². The summed E-state index contributed by atoms with van der Waals surface area (Å²) in [5, 5.41) is 0. The molecule has 0 aromatic carbocycles. The Bertz CT molecular complexity index is 139. The molecule has 1 rings (SSSR count). The van der Waals surface area contributed by atoms with Gasteiger partial charge in [-0.3, -0.25) is 0 Å². The van der Waals surface area contributed by atoms with E-state index < -0.39 is 0 Å². The normalized spacial score (nSPS) is 18.4. The van der Waals surface area contributed by atoms with Crippen LogP contribution in [-0.4, -0.2) is 17.4 Å². The Morgan fingerprint density at radius 2 is 2.08 bits per heavy atom. The highest BCUT2D eigenvalue weighted by Crippen LogP contribution is 2.28. The summed E-state index contributed by atoms with van der Waals surface area (Å²) in [5.74, 6) is 3.98. The molecule has 12 heavy (non-hydrogen) atoms. The molecule has 0 amide bonds. The lowest BCUT2D eigenvalue weighted by Crippen LogP contribution is -1.98. The summed E-state index contributed by atoms with van der Waals surface area (Å²) in [7, 11) is 0. The molecule has 1 aliphatic carbocycles. The summed E-state index contributed by atoms with van der Waals surface area (Å²) < 4.78 is 0. The lowest BCUT2D eigenvalue weighted by Gasteiger charge is -2.07. The Labute approximate surface area is 84.8 Å². The van der Waals surface area contributed by atoms with Gasteiger partial charge in [-0.25, -0.2) is 0 Å². The first-order chi connectivity index (χ1) is 5.83. The molecule has 0 aromatic rings. The van der Waals surface area contributed by atoms with Crippen LogP contribution in [0.5, 0.6) is 0 Å². The van der Waals surface area contributed by atoms with Crippen LogP contribution in [-0.2, 0) is 0 Å². The molecule has 0 unspecified atom stereocenters. The van der Waals surface area contributed by atoms with Crippen LogP contribution in [0.1, 0.15) is 25.7 Å². The van der Waals surface area contributed by atoms with E-state index in [-0.39, 0.29) is 0 Å². The largest absolute Gasteiger partial charge is 0.157 e. The summed E-state index contributed by atoms with van der Waals surface area (Å²) >= 11 is 7.63. The number of hydrogen-bond donors (Lipinski definition) is 0. The van der Waals surface area contributed by atoms with Gasteiger partial charge in [-0.1, -0.05) is 25.0 Å². The molecule has 0 aliphatic heterocycles. The van der Waals surface area contributed by atoms with E-state index in [0.29, 0.717) is 5.88 Å². The highest BCUT2D eigenvalue weighted by atomic mass is 35.5. The van der Waals surface area contributed by atoms with Gasteiger partial charge in [0, 0.05) is 11.6 Å². The van der Waals surface area contributed by atoms with Gasteiger partial charge in [0.25, 0.3) is 0 Å². The first kappa shape index (κ1) is 10.5. The van der Waals surface area contributed by atoms with Crippen LogP contribution in [0.4, 0.5) is 0 Å². The van der Waals surface area contributed by atoms with Gasteiger partial charge in [-0.2, -0.15) is 11.8 Å². The fraction of sp³-hybridized carbons (Fsp3) is 0.800. The van der Waals surface area contributed by atoms with Crippen LogP contribution in [0.3, 0.4) is 0 Å². The van der Waals surface area contributed by atoms with E-state index >= 15 is 0 Å². The molecule has 0 aromatic heterocycles. The van der Waals surface area contributed by atoms with Gasteiger partial charge in [-0.15, -0.1) is 11.6 Å². The summed E-state index contributed by atoms with van der Waals surface area (Å²) in [6.45, 7) is 3.88. The molecule has 1 fully saturated rings. The maximum Gasteiger partial charge on any atom is 0.0439 e. The van der Waals surface area contributed by atoms with Crippen molar-refractivity contribution in [3.8, 4) is 0 Å². The second kappa shape index (κ2) is 5.93. The average molecular weight is 205 g/mol. The Balaban J connectivity index is 1.97. The summed E-state index contributed by atoms with van der Waals surface area (Å²) in [6.07, 6.45) is 5.78. The molecule has 70 valence electrons. The summed E-state index contributed by atoms with van der Waals surface area (Å²) in [4.78, 5) is 0. The third kappa shape index (κ3) is 3.86. The minimum absolute atomic E-state index is 0.623. The van der Waals surface area contributed by atoms with E-state index in [1.165, 1.54) is 37.0 Å². The van der Waals surface area contributed by atoms with Gasteiger partial charge in [-0.05, 0) is 24.5 Å². The third-order valence-corrected chi connectivity index (χ3v) is 4.02. The fourth-order valence-corrected chi connectivity index (χ4v) is 2.97. The highest BCUT2D eigenvalue weighted by Gasteiger charge is 2.14. The Morgan fingerprint density at radius 3 is 2.67 bits per heavy atom. The molecule has 0 bridgehead atoms. The van der Waals surface area contributed by atoms with Crippen LogP contribution in [0.2, 0.25) is 0 Å². The second-order valence-corrected chi connectivity index (χ2v) is 4.85. The van der Waals surface area contributed by atoms with Gasteiger partial charge >= 0.3 is 0 Å². The maximum atomic E-state index is 5.63. The number of halogens is 1. The molecule has 0 saturated heterocycles. The van der Waals surface area contributed by atoms with E-state index in [1.54, 1.807) is 0 Å². The molecule has 0 atom stereocenters. The topological polar surface area (TPSA) is 0 Å². The van der Waals surface area contributed by atoms with Gasteiger partial charge in [0.2, 0.25) is 0 Å². The summed E-state index contributed by atoms with van der Waals surface area (Å²) in [6, 6.07) is 0. The smallest absolute Gasteiger partial charge is 0.0439 e. The quantitative estimate of drug-likeness (QED) is 0.486. The van der Waals surface area contributed by atoms with E-state index in [4.69, 9.17) is 11.6 Å². The SMILES string of the molecule is C=C(CCl)CSCC1CCCC1. The predicted molar refractivity (Wildman–Crippen MR) is 59.1 cm³/mol. The fourth-order valence-electron chi connectivity index (χ4n) is 1.59. The van der Waals surface area contributed by atoms with Crippen LogP contribution >= 0.6 is 23.4 Å². The minimum Gasteiger partial charge on any atom is -0.157 e. The number of alkyl halides is 1. The molecule has 1 saturated carbocycles. The lowest BCUT2D eigenvalue weighted by atomic mass is 10.1. The number of thioether (sulfide) groups is 1.